The van der Waals surface area contributed by atoms with Gasteiger partial charge in [0.05, 0.1) is 6.42 Å². The topological polar surface area (TPSA) is 78.3 Å². The SMILES string of the molecule is CC(C)(C)OC(=O)/N=C(/CC(=O)N1CC(N2CCN(c3ccccn3)CC2)C1)Cc1ccccc1F. The van der Waals surface area contributed by atoms with Crippen LogP contribution in [0.3, 0.4) is 0 Å². The molecule has 1 aromatic carbocycles. The maximum atomic E-state index is 14.2. The van der Waals surface area contributed by atoms with Gasteiger partial charge in [0.15, 0.2) is 0 Å². The fourth-order valence-electron chi connectivity index (χ4n) is 4.45. The summed E-state index contributed by atoms with van der Waals surface area (Å²) in [6, 6.07) is 12.6. The maximum absolute atomic E-state index is 14.2. The molecule has 2 aliphatic rings. The lowest BCUT2D eigenvalue weighted by Gasteiger charge is -2.48. The van der Waals surface area contributed by atoms with Crippen LogP contribution in [0.2, 0.25) is 0 Å². The van der Waals surface area contributed by atoms with Crippen molar-refractivity contribution in [1.82, 2.24) is 14.8 Å². The van der Waals surface area contributed by atoms with Crippen molar-refractivity contribution in [2.75, 3.05) is 44.2 Å². The second-order valence-electron chi connectivity index (χ2n) is 10.3. The van der Waals surface area contributed by atoms with Crippen molar-refractivity contribution in [3.05, 3.63) is 60.0 Å². The standard InChI is InChI=1S/C27H34FN5O3/c1-27(2,3)36-26(35)30-21(16-20-8-4-5-9-23(20)28)17-25(34)33-18-22(19-33)31-12-14-32(15-13-31)24-10-6-7-11-29-24/h4-11,22H,12-19H2,1-3H3/b30-21+. The molecule has 9 heteroatoms. The van der Waals surface area contributed by atoms with E-state index in [1.807, 2.05) is 24.4 Å². The molecule has 2 saturated heterocycles. The molecule has 2 aromatic rings. The predicted molar refractivity (Wildman–Crippen MR) is 137 cm³/mol. The van der Waals surface area contributed by atoms with Gasteiger partial charge in [0.25, 0.3) is 0 Å². The summed E-state index contributed by atoms with van der Waals surface area (Å²) in [5.41, 5.74) is -0.0226. The molecular weight excluding hydrogens is 461 g/mol. The Kier molecular flexibility index (Phi) is 7.98. The Balaban J connectivity index is 1.32. The third kappa shape index (κ3) is 6.87. The van der Waals surface area contributed by atoms with Gasteiger partial charge in [0, 0.05) is 63.6 Å². The van der Waals surface area contributed by atoms with Crippen LogP contribution in [0.5, 0.6) is 0 Å². The monoisotopic (exact) mass is 495 g/mol. The number of anilines is 1. The van der Waals surface area contributed by atoms with Crippen LogP contribution in [0.25, 0.3) is 0 Å². The number of ether oxygens (including phenoxy) is 1. The van der Waals surface area contributed by atoms with E-state index >= 15 is 0 Å². The molecule has 0 unspecified atom stereocenters. The Morgan fingerprint density at radius 3 is 2.39 bits per heavy atom. The van der Waals surface area contributed by atoms with Gasteiger partial charge in [0.1, 0.15) is 17.2 Å². The minimum atomic E-state index is -0.770. The molecule has 0 spiro atoms. The van der Waals surface area contributed by atoms with Crippen LogP contribution >= 0.6 is 0 Å². The zero-order chi connectivity index (χ0) is 25.7. The summed E-state index contributed by atoms with van der Waals surface area (Å²) >= 11 is 0. The van der Waals surface area contributed by atoms with E-state index in [-0.39, 0.29) is 18.7 Å². The first-order valence-corrected chi connectivity index (χ1v) is 12.4. The van der Waals surface area contributed by atoms with Crippen LogP contribution in [-0.2, 0) is 16.0 Å². The molecule has 2 amide bonds. The maximum Gasteiger partial charge on any atom is 0.434 e. The predicted octanol–water partition coefficient (Wildman–Crippen LogP) is 3.56. The van der Waals surface area contributed by atoms with Crippen LogP contribution in [0.1, 0.15) is 32.8 Å². The fraction of sp³-hybridized carbons (Fsp3) is 0.481. The summed E-state index contributed by atoms with van der Waals surface area (Å²) in [6.07, 6.45) is 1.07. The quantitative estimate of drug-likeness (QED) is 0.571. The molecule has 36 heavy (non-hydrogen) atoms. The largest absolute Gasteiger partial charge is 0.442 e. The fourth-order valence-corrected chi connectivity index (χ4v) is 4.45. The number of pyridine rings is 1. The first-order valence-electron chi connectivity index (χ1n) is 12.4. The highest BCUT2D eigenvalue weighted by Gasteiger charge is 2.36. The number of amides is 2. The van der Waals surface area contributed by atoms with Crippen molar-refractivity contribution >= 4 is 23.5 Å². The van der Waals surface area contributed by atoms with Crippen LogP contribution in [0, 0.1) is 5.82 Å². The summed E-state index contributed by atoms with van der Waals surface area (Å²) < 4.78 is 19.5. The smallest absolute Gasteiger partial charge is 0.434 e. The average Bonchev–Trinajstić information content (AvgIpc) is 2.79. The highest BCUT2D eigenvalue weighted by atomic mass is 19.1. The van der Waals surface area contributed by atoms with E-state index < -0.39 is 17.5 Å². The second kappa shape index (κ2) is 11.2. The van der Waals surface area contributed by atoms with E-state index in [2.05, 4.69) is 19.8 Å². The third-order valence-corrected chi connectivity index (χ3v) is 6.37. The molecule has 0 radical (unpaired) electrons. The number of nitrogens with zero attached hydrogens (tertiary/aromatic N) is 5. The highest BCUT2D eigenvalue weighted by Crippen LogP contribution is 2.21. The van der Waals surface area contributed by atoms with E-state index in [0.29, 0.717) is 30.4 Å². The van der Waals surface area contributed by atoms with Gasteiger partial charge in [-0.05, 0) is 44.5 Å². The molecule has 0 bridgehead atoms. The summed E-state index contributed by atoms with van der Waals surface area (Å²) in [5, 5.41) is 0. The van der Waals surface area contributed by atoms with Gasteiger partial charge in [0.2, 0.25) is 5.91 Å². The van der Waals surface area contributed by atoms with Crippen molar-refractivity contribution in [2.45, 2.75) is 45.3 Å². The van der Waals surface area contributed by atoms with Gasteiger partial charge in [-0.25, -0.2) is 14.2 Å². The van der Waals surface area contributed by atoms with Gasteiger partial charge in [-0.1, -0.05) is 24.3 Å². The van der Waals surface area contributed by atoms with Crippen molar-refractivity contribution in [3.8, 4) is 0 Å². The lowest BCUT2D eigenvalue weighted by Crippen LogP contribution is -2.64. The number of likely N-dealkylation sites (tertiary alicyclic amines) is 1. The Labute approximate surface area is 211 Å². The molecule has 192 valence electrons. The molecule has 2 fully saturated rings. The van der Waals surface area contributed by atoms with Crippen LogP contribution < -0.4 is 4.90 Å². The highest BCUT2D eigenvalue weighted by molar-refractivity contribution is 6.05. The van der Waals surface area contributed by atoms with E-state index in [1.165, 1.54) is 6.07 Å². The number of aromatic nitrogens is 1. The zero-order valence-electron chi connectivity index (χ0n) is 21.2. The number of hydrogen-bond donors (Lipinski definition) is 0. The summed E-state index contributed by atoms with van der Waals surface area (Å²) in [4.78, 5) is 40.3. The normalized spacial score (nSPS) is 17.6. The number of aliphatic imine (C=N–C) groups is 1. The first kappa shape index (κ1) is 25.8. The molecule has 0 N–H and O–H groups in total. The molecule has 1 aromatic heterocycles. The van der Waals surface area contributed by atoms with Gasteiger partial charge in [-0.15, -0.1) is 0 Å². The van der Waals surface area contributed by atoms with Crippen LogP contribution in [-0.4, -0.2) is 83.4 Å². The first-order chi connectivity index (χ1) is 17.2. The lowest BCUT2D eigenvalue weighted by atomic mass is 10.0. The summed E-state index contributed by atoms with van der Waals surface area (Å²) in [6.45, 7) is 10.2. The summed E-state index contributed by atoms with van der Waals surface area (Å²) in [5.74, 6) is 0.488. The Morgan fingerprint density at radius 1 is 1.06 bits per heavy atom. The Hall–Kier alpha value is -3.33. The average molecular weight is 496 g/mol. The van der Waals surface area contributed by atoms with Crippen molar-refractivity contribution in [2.24, 2.45) is 4.99 Å². The van der Waals surface area contributed by atoms with E-state index in [0.717, 1.165) is 32.0 Å². The number of carbonyl (C=O) groups excluding carboxylic acids is 2. The van der Waals surface area contributed by atoms with Crippen molar-refractivity contribution < 1.29 is 18.7 Å². The second-order valence-corrected chi connectivity index (χ2v) is 10.3. The lowest BCUT2D eigenvalue weighted by molar-refractivity contribution is -0.137. The number of benzene rings is 1. The number of carbonyl (C=O) groups is 2. The molecule has 0 saturated carbocycles. The number of rotatable bonds is 6. The minimum absolute atomic E-state index is 0.0479. The molecule has 0 aliphatic carbocycles. The molecule has 0 atom stereocenters. The third-order valence-electron chi connectivity index (χ3n) is 6.37. The minimum Gasteiger partial charge on any atom is -0.442 e. The van der Waals surface area contributed by atoms with Crippen LogP contribution in [0.15, 0.2) is 53.7 Å². The molecule has 4 rings (SSSR count). The molecule has 8 nitrogen and oxygen atoms in total. The molecule has 3 heterocycles. The zero-order valence-corrected chi connectivity index (χ0v) is 21.2. The number of piperazine rings is 1. The Morgan fingerprint density at radius 2 is 1.75 bits per heavy atom. The molecular formula is C27H34FN5O3. The van der Waals surface area contributed by atoms with Crippen molar-refractivity contribution in [3.63, 3.8) is 0 Å². The van der Waals surface area contributed by atoms with E-state index in [4.69, 9.17) is 4.74 Å². The van der Waals surface area contributed by atoms with Gasteiger partial charge in [-0.3, -0.25) is 9.69 Å². The van der Waals surface area contributed by atoms with E-state index in [9.17, 15) is 14.0 Å². The number of hydrogen-bond acceptors (Lipinski definition) is 6. The van der Waals surface area contributed by atoms with E-state index in [1.54, 1.807) is 43.9 Å². The van der Waals surface area contributed by atoms with Gasteiger partial charge in [-0.2, -0.15) is 4.99 Å². The summed E-state index contributed by atoms with van der Waals surface area (Å²) in [7, 11) is 0. The Bertz CT molecular complexity index is 1090. The van der Waals surface area contributed by atoms with Gasteiger partial charge < -0.3 is 14.5 Å². The van der Waals surface area contributed by atoms with Crippen molar-refractivity contribution in [1.29, 1.82) is 0 Å². The number of halogens is 1. The van der Waals surface area contributed by atoms with Crippen LogP contribution in [0.4, 0.5) is 15.0 Å². The molecule has 2 aliphatic heterocycles. The van der Waals surface area contributed by atoms with Gasteiger partial charge >= 0.3 is 6.09 Å².